The Morgan fingerprint density at radius 2 is 2.14 bits per heavy atom. The smallest absolute Gasteiger partial charge is 0.0817 e. The van der Waals surface area contributed by atoms with Gasteiger partial charge in [-0.3, -0.25) is 0 Å². The number of aromatic nitrogens is 1. The van der Waals surface area contributed by atoms with Gasteiger partial charge in [-0.15, -0.1) is 0 Å². The summed E-state index contributed by atoms with van der Waals surface area (Å²) in [7, 11) is 0. The van der Waals surface area contributed by atoms with Crippen molar-refractivity contribution in [1.29, 1.82) is 0 Å². The fraction of sp³-hybridized carbons (Fsp3) is 0.333. The Morgan fingerprint density at radius 3 is 3.07 bits per heavy atom. The molecule has 14 heavy (non-hydrogen) atoms. The molecule has 0 saturated heterocycles. The van der Waals surface area contributed by atoms with E-state index in [0.717, 1.165) is 6.42 Å². The van der Waals surface area contributed by atoms with Crippen molar-refractivity contribution in [1.82, 2.24) is 4.57 Å². The summed E-state index contributed by atoms with van der Waals surface area (Å²) in [5, 5.41) is 1.32. The van der Waals surface area contributed by atoms with Crippen LogP contribution in [0.5, 0.6) is 0 Å². The summed E-state index contributed by atoms with van der Waals surface area (Å²) in [5.74, 6) is 0. The molecule has 2 heterocycles. The number of rotatable bonds is 0. The van der Waals surface area contributed by atoms with Gasteiger partial charge in [-0.05, 0) is 36.8 Å². The van der Waals surface area contributed by atoms with E-state index in [1.54, 1.807) is 0 Å². The number of nitrogens with two attached hydrogens (primary N) is 1. The van der Waals surface area contributed by atoms with E-state index in [1.807, 2.05) is 0 Å². The number of fused-ring (bicyclic) bond motifs is 3. The van der Waals surface area contributed by atoms with E-state index in [-0.39, 0.29) is 6.17 Å². The highest BCUT2D eigenvalue weighted by Crippen LogP contribution is 2.28. The fourth-order valence-corrected chi connectivity index (χ4v) is 2.44. The number of benzene rings is 1. The van der Waals surface area contributed by atoms with Crippen LogP contribution in [0.3, 0.4) is 0 Å². The maximum atomic E-state index is 6.12. The zero-order valence-corrected chi connectivity index (χ0v) is 8.11. The molecule has 0 aliphatic carbocycles. The summed E-state index contributed by atoms with van der Waals surface area (Å²) in [4.78, 5) is 0. The van der Waals surface area contributed by atoms with Crippen molar-refractivity contribution in [2.24, 2.45) is 5.73 Å². The van der Waals surface area contributed by atoms with Gasteiger partial charge in [-0.2, -0.15) is 0 Å². The Morgan fingerprint density at radius 1 is 1.29 bits per heavy atom. The first kappa shape index (κ1) is 8.06. The van der Waals surface area contributed by atoms with E-state index in [9.17, 15) is 0 Å². The number of hydrogen-bond acceptors (Lipinski definition) is 1. The number of nitrogens with zero attached hydrogens (tertiary/aromatic N) is 1. The van der Waals surface area contributed by atoms with Crippen molar-refractivity contribution in [3.8, 4) is 0 Å². The van der Waals surface area contributed by atoms with E-state index < -0.39 is 0 Å². The van der Waals surface area contributed by atoms with Crippen LogP contribution >= 0.6 is 0 Å². The Bertz CT molecular complexity index is 470. The third-order valence-corrected chi connectivity index (χ3v) is 3.09. The summed E-state index contributed by atoms with van der Waals surface area (Å²) in [6.45, 7) is 0. The molecule has 1 aliphatic rings. The molecule has 0 bridgehead atoms. The Hall–Kier alpha value is -1.28. The lowest BCUT2D eigenvalue weighted by molar-refractivity contribution is 0.425. The average Bonchev–Trinajstić information content (AvgIpc) is 2.57. The maximum Gasteiger partial charge on any atom is 0.0817 e. The second-order valence-corrected chi connectivity index (χ2v) is 4.02. The first-order chi connectivity index (χ1) is 6.86. The third-order valence-electron chi connectivity index (χ3n) is 3.09. The molecule has 0 spiro atoms. The second kappa shape index (κ2) is 2.85. The van der Waals surface area contributed by atoms with Crippen LogP contribution in [0.2, 0.25) is 0 Å². The van der Waals surface area contributed by atoms with Gasteiger partial charge in [0.1, 0.15) is 0 Å². The van der Waals surface area contributed by atoms with Gasteiger partial charge in [0.2, 0.25) is 0 Å². The lowest BCUT2D eigenvalue weighted by Crippen LogP contribution is -2.24. The molecule has 0 radical (unpaired) electrons. The largest absolute Gasteiger partial charge is 0.329 e. The molecule has 0 amide bonds. The molecule has 2 heteroatoms. The van der Waals surface area contributed by atoms with Crippen molar-refractivity contribution in [3.63, 3.8) is 0 Å². The second-order valence-electron chi connectivity index (χ2n) is 4.02. The molecule has 1 aromatic heterocycles. The van der Waals surface area contributed by atoms with E-state index in [1.165, 1.54) is 29.4 Å². The monoisotopic (exact) mass is 186 g/mol. The zero-order chi connectivity index (χ0) is 9.54. The van der Waals surface area contributed by atoms with Gasteiger partial charge in [-0.25, -0.2) is 0 Å². The minimum Gasteiger partial charge on any atom is -0.329 e. The highest BCUT2D eigenvalue weighted by Gasteiger charge is 2.18. The molecule has 2 nitrogen and oxygen atoms in total. The average molecular weight is 186 g/mol. The fourth-order valence-electron chi connectivity index (χ4n) is 2.44. The van der Waals surface area contributed by atoms with Crippen molar-refractivity contribution in [3.05, 3.63) is 36.0 Å². The van der Waals surface area contributed by atoms with Crippen LogP contribution in [0.15, 0.2) is 30.3 Å². The van der Waals surface area contributed by atoms with Gasteiger partial charge in [0, 0.05) is 11.2 Å². The van der Waals surface area contributed by atoms with Crippen LogP contribution in [0.4, 0.5) is 0 Å². The maximum absolute atomic E-state index is 6.12. The Balaban J connectivity index is 2.34. The summed E-state index contributed by atoms with van der Waals surface area (Å²) >= 11 is 0. The Kier molecular flexibility index (Phi) is 1.64. The van der Waals surface area contributed by atoms with Gasteiger partial charge in [0.15, 0.2) is 0 Å². The summed E-state index contributed by atoms with van der Waals surface area (Å²) in [6.07, 6.45) is 3.67. The van der Waals surface area contributed by atoms with E-state index in [4.69, 9.17) is 5.73 Å². The minimum absolute atomic E-state index is 0.179. The van der Waals surface area contributed by atoms with Gasteiger partial charge in [0.05, 0.1) is 6.17 Å². The summed E-state index contributed by atoms with van der Waals surface area (Å²) in [5.41, 5.74) is 8.80. The molecule has 0 fully saturated rings. The molecule has 1 aliphatic heterocycles. The third kappa shape index (κ3) is 1.01. The molecule has 3 rings (SSSR count). The zero-order valence-electron chi connectivity index (χ0n) is 8.11. The van der Waals surface area contributed by atoms with Gasteiger partial charge in [0.25, 0.3) is 0 Å². The summed E-state index contributed by atoms with van der Waals surface area (Å²) < 4.78 is 2.29. The SMILES string of the molecule is NC1CCCc2cc3ccccc3n21. The first-order valence-electron chi connectivity index (χ1n) is 5.21. The molecule has 72 valence electrons. The highest BCUT2D eigenvalue weighted by atomic mass is 15.1. The van der Waals surface area contributed by atoms with Crippen LogP contribution in [0, 0.1) is 0 Å². The van der Waals surface area contributed by atoms with Crippen LogP contribution < -0.4 is 5.73 Å². The molecule has 2 aromatic rings. The van der Waals surface area contributed by atoms with Crippen molar-refractivity contribution in [2.45, 2.75) is 25.4 Å². The normalized spacial score (nSPS) is 21.1. The van der Waals surface area contributed by atoms with Crippen LogP contribution in [-0.2, 0) is 6.42 Å². The number of hydrogen-bond donors (Lipinski definition) is 1. The van der Waals surface area contributed by atoms with Crippen LogP contribution in [-0.4, -0.2) is 4.57 Å². The number of para-hydroxylation sites is 1. The number of aryl methyl sites for hydroxylation is 1. The van der Waals surface area contributed by atoms with Gasteiger partial charge < -0.3 is 10.3 Å². The van der Waals surface area contributed by atoms with E-state index in [2.05, 4.69) is 34.9 Å². The molecule has 1 atom stereocenters. The van der Waals surface area contributed by atoms with Crippen LogP contribution in [0.1, 0.15) is 24.7 Å². The minimum atomic E-state index is 0.179. The lowest BCUT2D eigenvalue weighted by Gasteiger charge is -2.23. The molecular weight excluding hydrogens is 172 g/mol. The summed E-state index contributed by atoms with van der Waals surface area (Å²) in [6, 6.07) is 10.8. The highest BCUT2D eigenvalue weighted by molar-refractivity contribution is 5.81. The van der Waals surface area contributed by atoms with Crippen LogP contribution in [0.25, 0.3) is 10.9 Å². The molecule has 1 aromatic carbocycles. The first-order valence-corrected chi connectivity index (χ1v) is 5.21. The van der Waals surface area contributed by atoms with Gasteiger partial charge >= 0.3 is 0 Å². The molecular formula is C12H14N2. The lowest BCUT2D eigenvalue weighted by atomic mass is 10.1. The van der Waals surface area contributed by atoms with Crippen molar-refractivity contribution in [2.75, 3.05) is 0 Å². The van der Waals surface area contributed by atoms with E-state index >= 15 is 0 Å². The van der Waals surface area contributed by atoms with Crippen molar-refractivity contribution >= 4 is 10.9 Å². The molecule has 1 unspecified atom stereocenters. The Labute approximate surface area is 83.3 Å². The predicted molar refractivity (Wildman–Crippen MR) is 58.1 cm³/mol. The van der Waals surface area contributed by atoms with Gasteiger partial charge in [-0.1, -0.05) is 18.2 Å². The molecule has 0 saturated carbocycles. The van der Waals surface area contributed by atoms with Crippen molar-refractivity contribution < 1.29 is 0 Å². The van der Waals surface area contributed by atoms with E-state index in [0.29, 0.717) is 0 Å². The standard InChI is InChI=1S/C12H14N2/c13-12-7-3-5-10-8-9-4-1-2-6-11(9)14(10)12/h1-2,4,6,8,12H,3,5,7,13H2. The predicted octanol–water partition coefficient (Wildman–Crippen LogP) is 2.43. The topological polar surface area (TPSA) is 30.9 Å². The quantitative estimate of drug-likeness (QED) is 0.673. The molecule has 2 N–H and O–H groups in total.